The first-order valence-electron chi connectivity index (χ1n) is 7.35. The van der Waals surface area contributed by atoms with Crippen molar-refractivity contribution in [1.29, 1.82) is 0 Å². The fourth-order valence-corrected chi connectivity index (χ4v) is 3.09. The molecule has 0 spiro atoms. The summed E-state index contributed by atoms with van der Waals surface area (Å²) in [4.78, 5) is 16.9. The van der Waals surface area contributed by atoms with Gasteiger partial charge < -0.3 is 20.1 Å². The maximum Gasteiger partial charge on any atom is 0.270 e. The van der Waals surface area contributed by atoms with Crippen molar-refractivity contribution in [1.82, 2.24) is 14.4 Å². The van der Waals surface area contributed by atoms with Crippen molar-refractivity contribution in [2.45, 2.75) is 32.9 Å². The van der Waals surface area contributed by atoms with Crippen LogP contribution in [0.1, 0.15) is 30.8 Å². The number of carbonyl (C=O) groups is 1. The summed E-state index contributed by atoms with van der Waals surface area (Å²) in [5, 5.41) is 0. The van der Waals surface area contributed by atoms with Gasteiger partial charge in [0.2, 0.25) is 0 Å². The minimum atomic E-state index is 0.103. The molecule has 5 heteroatoms. The SMILES string of the molecule is CCCn1cc(N)cc1C(=O)N1CC(C)C(N(C)C)C1. The molecule has 1 aliphatic rings. The Labute approximate surface area is 121 Å². The molecule has 1 fully saturated rings. The molecular formula is C15H26N4O. The number of amides is 1. The maximum atomic E-state index is 12.7. The highest BCUT2D eigenvalue weighted by Gasteiger charge is 2.34. The zero-order valence-electron chi connectivity index (χ0n) is 13.0. The van der Waals surface area contributed by atoms with E-state index in [1.54, 1.807) is 6.07 Å². The van der Waals surface area contributed by atoms with Gasteiger partial charge in [-0.1, -0.05) is 13.8 Å². The van der Waals surface area contributed by atoms with Crippen LogP contribution in [0.3, 0.4) is 0 Å². The normalized spacial score (nSPS) is 22.8. The number of nitrogens with two attached hydrogens (primary N) is 1. The second-order valence-corrected chi connectivity index (χ2v) is 6.07. The third-order valence-electron chi connectivity index (χ3n) is 4.12. The molecule has 0 aliphatic carbocycles. The molecule has 2 heterocycles. The molecule has 2 N–H and O–H groups in total. The number of aryl methyl sites for hydroxylation is 1. The molecule has 2 atom stereocenters. The molecule has 2 unspecified atom stereocenters. The first-order valence-corrected chi connectivity index (χ1v) is 7.35. The molecule has 1 saturated heterocycles. The van der Waals surface area contributed by atoms with Gasteiger partial charge in [-0.3, -0.25) is 4.79 Å². The number of hydrogen-bond donors (Lipinski definition) is 1. The molecule has 0 saturated carbocycles. The van der Waals surface area contributed by atoms with Crippen LogP contribution in [-0.2, 0) is 6.54 Å². The van der Waals surface area contributed by atoms with Crippen LogP contribution in [-0.4, -0.2) is 53.5 Å². The fraction of sp³-hybridized carbons (Fsp3) is 0.667. The maximum absolute atomic E-state index is 12.7. The summed E-state index contributed by atoms with van der Waals surface area (Å²) in [6.07, 6.45) is 2.85. The van der Waals surface area contributed by atoms with Crippen molar-refractivity contribution in [3.8, 4) is 0 Å². The molecule has 0 radical (unpaired) electrons. The van der Waals surface area contributed by atoms with Gasteiger partial charge in [0.15, 0.2) is 0 Å². The highest BCUT2D eigenvalue weighted by molar-refractivity contribution is 5.94. The summed E-state index contributed by atoms with van der Waals surface area (Å²) in [5.74, 6) is 0.604. The monoisotopic (exact) mass is 278 g/mol. The lowest BCUT2D eigenvalue weighted by Crippen LogP contribution is -2.36. The number of anilines is 1. The van der Waals surface area contributed by atoms with Gasteiger partial charge in [0.1, 0.15) is 5.69 Å². The molecule has 1 aromatic heterocycles. The standard InChI is InChI=1S/C15H26N4O/c1-5-6-18-9-12(16)7-13(18)15(20)19-8-11(2)14(10-19)17(3)4/h7,9,11,14H,5-6,8,10,16H2,1-4H3. The third-order valence-corrected chi connectivity index (χ3v) is 4.12. The number of nitrogen functional groups attached to an aromatic ring is 1. The van der Waals surface area contributed by atoms with E-state index in [0.29, 0.717) is 17.6 Å². The van der Waals surface area contributed by atoms with Crippen molar-refractivity contribution in [2.24, 2.45) is 5.92 Å². The van der Waals surface area contributed by atoms with Gasteiger partial charge >= 0.3 is 0 Å². The van der Waals surface area contributed by atoms with Crippen molar-refractivity contribution in [2.75, 3.05) is 32.9 Å². The van der Waals surface area contributed by atoms with Crippen LogP contribution in [0.15, 0.2) is 12.3 Å². The molecule has 0 bridgehead atoms. The van der Waals surface area contributed by atoms with E-state index in [0.717, 1.165) is 31.7 Å². The Hall–Kier alpha value is -1.49. The number of rotatable bonds is 4. The van der Waals surface area contributed by atoms with E-state index < -0.39 is 0 Å². The Bertz CT molecular complexity index is 480. The van der Waals surface area contributed by atoms with Gasteiger partial charge in [-0.15, -0.1) is 0 Å². The van der Waals surface area contributed by atoms with E-state index in [1.165, 1.54) is 0 Å². The Morgan fingerprint density at radius 2 is 2.15 bits per heavy atom. The van der Waals surface area contributed by atoms with Crippen molar-refractivity contribution < 1.29 is 4.79 Å². The number of carbonyl (C=O) groups excluding carboxylic acids is 1. The van der Waals surface area contributed by atoms with E-state index >= 15 is 0 Å². The third kappa shape index (κ3) is 2.82. The summed E-state index contributed by atoms with van der Waals surface area (Å²) in [7, 11) is 4.15. The number of likely N-dealkylation sites (N-methyl/N-ethyl adjacent to an activating group) is 1. The quantitative estimate of drug-likeness (QED) is 0.908. The summed E-state index contributed by atoms with van der Waals surface area (Å²) < 4.78 is 1.98. The highest BCUT2D eigenvalue weighted by atomic mass is 16.2. The second kappa shape index (κ2) is 5.87. The van der Waals surface area contributed by atoms with Crippen LogP contribution in [0.25, 0.3) is 0 Å². The smallest absolute Gasteiger partial charge is 0.270 e. The van der Waals surface area contributed by atoms with Crippen LogP contribution >= 0.6 is 0 Å². The molecule has 2 rings (SSSR count). The molecule has 5 nitrogen and oxygen atoms in total. The number of nitrogens with zero attached hydrogens (tertiary/aromatic N) is 3. The van der Waals surface area contributed by atoms with Crippen LogP contribution in [0.2, 0.25) is 0 Å². The predicted octanol–water partition coefficient (Wildman–Crippen LogP) is 1.50. The lowest BCUT2D eigenvalue weighted by atomic mass is 10.1. The van der Waals surface area contributed by atoms with Crippen molar-refractivity contribution in [3.05, 3.63) is 18.0 Å². The molecule has 1 aliphatic heterocycles. The van der Waals surface area contributed by atoms with E-state index in [9.17, 15) is 4.79 Å². The Morgan fingerprint density at radius 1 is 1.45 bits per heavy atom. The van der Waals surface area contributed by atoms with Gasteiger partial charge in [-0.2, -0.15) is 0 Å². The van der Waals surface area contributed by atoms with Crippen LogP contribution < -0.4 is 5.73 Å². The number of likely N-dealkylation sites (tertiary alicyclic amines) is 1. The van der Waals surface area contributed by atoms with E-state index in [2.05, 4.69) is 32.8 Å². The van der Waals surface area contributed by atoms with Gasteiger partial charge in [-0.25, -0.2) is 0 Å². The molecule has 1 amide bonds. The second-order valence-electron chi connectivity index (χ2n) is 6.07. The molecule has 1 aromatic rings. The molecule has 0 aromatic carbocycles. The van der Waals surface area contributed by atoms with Crippen LogP contribution in [0.5, 0.6) is 0 Å². The highest BCUT2D eigenvalue weighted by Crippen LogP contribution is 2.23. The van der Waals surface area contributed by atoms with Gasteiger partial charge in [0, 0.05) is 31.9 Å². The fourth-order valence-electron chi connectivity index (χ4n) is 3.09. The van der Waals surface area contributed by atoms with E-state index in [-0.39, 0.29) is 5.91 Å². The first kappa shape index (κ1) is 14.9. The Balaban J connectivity index is 2.16. The van der Waals surface area contributed by atoms with Crippen molar-refractivity contribution in [3.63, 3.8) is 0 Å². The van der Waals surface area contributed by atoms with Gasteiger partial charge in [0.05, 0.1) is 5.69 Å². The molecular weight excluding hydrogens is 252 g/mol. The van der Waals surface area contributed by atoms with Gasteiger partial charge in [0.25, 0.3) is 5.91 Å². The Kier molecular flexibility index (Phi) is 4.38. The van der Waals surface area contributed by atoms with Crippen LogP contribution in [0, 0.1) is 5.92 Å². The Morgan fingerprint density at radius 3 is 2.70 bits per heavy atom. The van der Waals surface area contributed by atoms with E-state index in [1.807, 2.05) is 15.7 Å². The predicted molar refractivity (Wildman–Crippen MR) is 81.7 cm³/mol. The summed E-state index contributed by atoms with van der Waals surface area (Å²) in [6, 6.07) is 2.23. The van der Waals surface area contributed by atoms with Crippen molar-refractivity contribution >= 4 is 11.6 Å². The molecule has 112 valence electrons. The first-order chi connectivity index (χ1) is 9.43. The lowest BCUT2D eigenvalue weighted by Gasteiger charge is -2.22. The van der Waals surface area contributed by atoms with Gasteiger partial charge in [-0.05, 0) is 32.5 Å². The summed E-state index contributed by atoms with van der Waals surface area (Å²) >= 11 is 0. The average molecular weight is 278 g/mol. The average Bonchev–Trinajstić information content (AvgIpc) is 2.92. The van der Waals surface area contributed by atoms with Crippen LogP contribution in [0.4, 0.5) is 5.69 Å². The van der Waals surface area contributed by atoms with E-state index in [4.69, 9.17) is 5.73 Å². The largest absolute Gasteiger partial charge is 0.397 e. The summed E-state index contributed by atoms with van der Waals surface area (Å²) in [6.45, 7) is 6.75. The molecule has 20 heavy (non-hydrogen) atoms. The number of aromatic nitrogens is 1. The number of hydrogen-bond acceptors (Lipinski definition) is 3. The summed E-state index contributed by atoms with van der Waals surface area (Å²) in [5.41, 5.74) is 7.23. The zero-order valence-corrected chi connectivity index (χ0v) is 13.0. The minimum Gasteiger partial charge on any atom is -0.397 e. The lowest BCUT2D eigenvalue weighted by molar-refractivity contribution is 0.0770. The topological polar surface area (TPSA) is 54.5 Å². The minimum absolute atomic E-state index is 0.103. The zero-order chi connectivity index (χ0) is 14.9.